The number of benzene rings is 1. The lowest BCUT2D eigenvalue weighted by Crippen LogP contribution is -2.12. The SMILES string of the molecule is CCC=CCCOc1c(OC/C=C(\C)CCC=C(C)C)c2c(OCCCCCCCCCC)cccc2oc1=O. The molecule has 0 aliphatic heterocycles. The van der Waals surface area contributed by atoms with Crippen molar-refractivity contribution in [2.45, 2.75) is 112 Å². The quantitative estimate of drug-likeness (QED) is 0.0876. The molecule has 40 heavy (non-hydrogen) atoms. The highest BCUT2D eigenvalue weighted by Gasteiger charge is 2.21. The molecule has 2 rings (SSSR count). The molecule has 5 nitrogen and oxygen atoms in total. The molecule has 0 spiro atoms. The minimum Gasteiger partial charge on any atom is -0.493 e. The Morgan fingerprint density at radius 2 is 1.55 bits per heavy atom. The van der Waals surface area contributed by atoms with Crippen LogP contribution in [0.5, 0.6) is 17.2 Å². The number of fused-ring (bicyclic) bond motifs is 1. The molecule has 0 saturated heterocycles. The van der Waals surface area contributed by atoms with Gasteiger partial charge in [0.2, 0.25) is 5.75 Å². The summed E-state index contributed by atoms with van der Waals surface area (Å²) < 4.78 is 24.1. The van der Waals surface area contributed by atoms with E-state index in [0.717, 1.165) is 32.1 Å². The van der Waals surface area contributed by atoms with Gasteiger partial charge in [0.25, 0.3) is 0 Å². The maximum atomic E-state index is 13.0. The molecule has 0 bridgehead atoms. The van der Waals surface area contributed by atoms with Gasteiger partial charge in [-0.15, -0.1) is 0 Å². The van der Waals surface area contributed by atoms with E-state index in [1.54, 1.807) is 6.07 Å². The summed E-state index contributed by atoms with van der Waals surface area (Å²) in [7, 11) is 0. The van der Waals surface area contributed by atoms with Gasteiger partial charge in [-0.1, -0.05) is 94.2 Å². The van der Waals surface area contributed by atoms with Crippen molar-refractivity contribution in [2.24, 2.45) is 0 Å². The topological polar surface area (TPSA) is 57.9 Å². The molecule has 5 heteroatoms. The van der Waals surface area contributed by atoms with Crippen LogP contribution in [0, 0.1) is 0 Å². The van der Waals surface area contributed by atoms with Crippen molar-refractivity contribution < 1.29 is 18.6 Å². The monoisotopic (exact) mass is 552 g/mol. The van der Waals surface area contributed by atoms with E-state index in [4.69, 9.17) is 18.6 Å². The first kappa shape index (κ1) is 33.3. The van der Waals surface area contributed by atoms with Crippen LogP contribution in [0.25, 0.3) is 11.0 Å². The van der Waals surface area contributed by atoms with Gasteiger partial charge < -0.3 is 18.6 Å². The van der Waals surface area contributed by atoms with Crippen molar-refractivity contribution in [3.05, 3.63) is 64.1 Å². The third kappa shape index (κ3) is 12.5. The van der Waals surface area contributed by atoms with Crippen LogP contribution >= 0.6 is 0 Å². The van der Waals surface area contributed by atoms with Gasteiger partial charge in [-0.25, -0.2) is 4.79 Å². The first-order valence-electron chi connectivity index (χ1n) is 15.4. The van der Waals surface area contributed by atoms with Crippen LogP contribution in [0.2, 0.25) is 0 Å². The van der Waals surface area contributed by atoms with Gasteiger partial charge >= 0.3 is 5.63 Å². The average molecular weight is 553 g/mol. The summed E-state index contributed by atoms with van der Waals surface area (Å²) in [6.45, 7) is 12.0. The lowest BCUT2D eigenvalue weighted by Gasteiger charge is -2.16. The zero-order valence-corrected chi connectivity index (χ0v) is 25.7. The second-order valence-corrected chi connectivity index (χ2v) is 10.7. The molecular formula is C35H52O5. The predicted molar refractivity (Wildman–Crippen MR) is 168 cm³/mol. The van der Waals surface area contributed by atoms with Crippen LogP contribution in [0.4, 0.5) is 0 Å². The van der Waals surface area contributed by atoms with Gasteiger partial charge in [0.1, 0.15) is 23.3 Å². The van der Waals surface area contributed by atoms with Crippen LogP contribution in [0.3, 0.4) is 0 Å². The first-order valence-corrected chi connectivity index (χ1v) is 15.4. The Hall–Kier alpha value is -2.95. The molecule has 1 aromatic heterocycles. The molecule has 0 fully saturated rings. The highest BCUT2D eigenvalue weighted by atomic mass is 16.5. The highest BCUT2D eigenvalue weighted by Crippen LogP contribution is 2.39. The molecule has 0 N–H and O–H groups in total. The van der Waals surface area contributed by atoms with Gasteiger partial charge in [0.05, 0.1) is 13.2 Å². The fraction of sp³-hybridized carbons (Fsp3) is 0.571. The van der Waals surface area contributed by atoms with E-state index in [9.17, 15) is 4.79 Å². The molecule has 0 saturated carbocycles. The van der Waals surface area contributed by atoms with Crippen LogP contribution in [-0.2, 0) is 0 Å². The Morgan fingerprint density at radius 3 is 2.27 bits per heavy atom. The molecular weight excluding hydrogens is 500 g/mol. The van der Waals surface area contributed by atoms with Gasteiger partial charge in [0, 0.05) is 0 Å². The predicted octanol–water partition coefficient (Wildman–Crippen LogP) is 10.1. The van der Waals surface area contributed by atoms with Crippen molar-refractivity contribution in [1.29, 1.82) is 0 Å². The molecule has 0 radical (unpaired) electrons. The second-order valence-electron chi connectivity index (χ2n) is 10.7. The van der Waals surface area contributed by atoms with Crippen molar-refractivity contribution in [3.8, 4) is 17.2 Å². The van der Waals surface area contributed by atoms with Crippen LogP contribution < -0.4 is 19.8 Å². The summed E-state index contributed by atoms with van der Waals surface area (Å²) in [5, 5.41) is 0.649. The summed E-state index contributed by atoms with van der Waals surface area (Å²) in [5.74, 6) is 1.15. The Morgan fingerprint density at radius 1 is 0.800 bits per heavy atom. The van der Waals surface area contributed by atoms with E-state index in [0.29, 0.717) is 48.7 Å². The summed E-state index contributed by atoms with van der Waals surface area (Å²) in [5.41, 5.74) is 2.46. The van der Waals surface area contributed by atoms with E-state index in [1.165, 1.54) is 49.7 Å². The summed E-state index contributed by atoms with van der Waals surface area (Å²) in [6.07, 6.45) is 22.0. The fourth-order valence-corrected chi connectivity index (χ4v) is 4.44. The smallest absolute Gasteiger partial charge is 0.383 e. The number of hydrogen-bond acceptors (Lipinski definition) is 5. The normalized spacial score (nSPS) is 11.8. The summed E-state index contributed by atoms with van der Waals surface area (Å²) >= 11 is 0. The number of ether oxygens (including phenoxy) is 3. The van der Waals surface area contributed by atoms with E-state index in [-0.39, 0.29) is 5.75 Å². The van der Waals surface area contributed by atoms with Gasteiger partial charge in [-0.05, 0) is 71.1 Å². The van der Waals surface area contributed by atoms with Crippen LogP contribution in [0.15, 0.2) is 62.9 Å². The van der Waals surface area contributed by atoms with Crippen LogP contribution in [0.1, 0.15) is 112 Å². The average Bonchev–Trinajstić information content (AvgIpc) is 2.92. The Kier molecular flexibility index (Phi) is 16.6. The largest absolute Gasteiger partial charge is 0.493 e. The van der Waals surface area contributed by atoms with E-state index in [1.807, 2.05) is 12.1 Å². The molecule has 0 amide bonds. The lowest BCUT2D eigenvalue weighted by atomic mass is 10.1. The third-order valence-corrected chi connectivity index (χ3v) is 6.75. The first-order chi connectivity index (χ1) is 19.5. The maximum Gasteiger partial charge on any atom is 0.383 e. The number of rotatable bonds is 21. The summed E-state index contributed by atoms with van der Waals surface area (Å²) in [4.78, 5) is 13.0. The second kappa shape index (κ2) is 20.0. The maximum absolute atomic E-state index is 13.0. The molecule has 0 aliphatic rings. The molecule has 222 valence electrons. The minimum atomic E-state index is -0.536. The third-order valence-electron chi connectivity index (χ3n) is 6.75. The van der Waals surface area contributed by atoms with Gasteiger partial charge in [-0.2, -0.15) is 0 Å². The van der Waals surface area contributed by atoms with Crippen molar-refractivity contribution >= 4 is 11.0 Å². The van der Waals surface area contributed by atoms with E-state index < -0.39 is 5.63 Å². The van der Waals surface area contributed by atoms with Crippen molar-refractivity contribution in [2.75, 3.05) is 19.8 Å². The van der Waals surface area contributed by atoms with Gasteiger partial charge in [0.15, 0.2) is 5.75 Å². The standard InChI is InChI=1S/C35H52O5/c1-6-8-10-12-13-14-15-17-25-37-30-22-19-23-31-32(30)33(39-27-24-29(5)21-18-20-28(3)4)34(35(36)40-31)38-26-16-11-9-7-2/h9,11,19-20,22-24H,6-8,10,12-18,21,25-27H2,1-5H3/b11-9?,29-24+. The number of allylic oxidation sites excluding steroid dienone is 4. The van der Waals surface area contributed by atoms with Gasteiger partial charge in [-0.3, -0.25) is 0 Å². The van der Waals surface area contributed by atoms with Crippen molar-refractivity contribution in [1.82, 2.24) is 0 Å². The highest BCUT2D eigenvalue weighted by molar-refractivity contribution is 5.91. The fourth-order valence-electron chi connectivity index (χ4n) is 4.44. The zero-order chi connectivity index (χ0) is 29.0. The minimum absolute atomic E-state index is 0.108. The molecule has 0 atom stereocenters. The molecule has 0 unspecified atom stereocenters. The lowest BCUT2D eigenvalue weighted by molar-refractivity contribution is 0.273. The van der Waals surface area contributed by atoms with Crippen LogP contribution in [-0.4, -0.2) is 19.8 Å². The van der Waals surface area contributed by atoms with E-state index in [2.05, 4.69) is 58.9 Å². The summed E-state index contributed by atoms with van der Waals surface area (Å²) in [6, 6.07) is 5.54. The molecule has 1 heterocycles. The zero-order valence-electron chi connectivity index (χ0n) is 25.7. The Balaban J connectivity index is 2.20. The number of unbranched alkanes of at least 4 members (excludes halogenated alkanes) is 7. The molecule has 2 aromatic rings. The van der Waals surface area contributed by atoms with Crippen molar-refractivity contribution in [3.63, 3.8) is 0 Å². The Labute approximate surface area is 242 Å². The number of hydrogen-bond donors (Lipinski definition) is 0. The molecule has 1 aromatic carbocycles. The Bertz CT molecular complexity index is 1130. The van der Waals surface area contributed by atoms with E-state index >= 15 is 0 Å². The molecule has 0 aliphatic carbocycles.